The number of hydrogen-bond donors (Lipinski definition) is 1. The Labute approximate surface area is 80.4 Å². The summed E-state index contributed by atoms with van der Waals surface area (Å²) in [6.07, 6.45) is 2.79. The van der Waals surface area contributed by atoms with E-state index < -0.39 is 0 Å². The molecule has 3 nitrogen and oxygen atoms in total. The summed E-state index contributed by atoms with van der Waals surface area (Å²) in [6.45, 7) is 5.75. The largest absolute Gasteiger partial charge is 0.383 e. The number of rotatable bonds is 4. The Morgan fingerprint density at radius 1 is 1.38 bits per heavy atom. The van der Waals surface area contributed by atoms with Crippen LogP contribution < -0.4 is 5.32 Å². The van der Waals surface area contributed by atoms with Crippen molar-refractivity contribution in [1.29, 1.82) is 0 Å². The summed E-state index contributed by atoms with van der Waals surface area (Å²) < 4.78 is 5.04. The van der Waals surface area contributed by atoms with Gasteiger partial charge in [-0.05, 0) is 31.8 Å². The molecule has 0 aromatic rings. The molecule has 3 heteroatoms. The maximum absolute atomic E-state index is 5.04. The minimum atomic E-state index is 0.734. The van der Waals surface area contributed by atoms with Crippen molar-refractivity contribution in [2.24, 2.45) is 5.92 Å². The van der Waals surface area contributed by atoms with Gasteiger partial charge in [0, 0.05) is 26.2 Å². The quantitative estimate of drug-likeness (QED) is 0.637. The molecule has 76 valence electrons. The Morgan fingerprint density at radius 3 is 2.69 bits per heavy atom. The normalized spacial score (nSPS) is 38.1. The Morgan fingerprint density at radius 2 is 2.15 bits per heavy atom. The minimum absolute atomic E-state index is 0.734. The molecule has 0 saturated carbocycles. The maximum Gasteiger partial charge on any atom is 0.0587 e. The zero-order chi connectivity index (χ0) is 9.10. The topological polar surface area (TPSA) is 24.5 Å². The molecule has 3 rings (SSSR count). The summed E-state index contributed by atoms with van der Waals surface area (Å²) in [4.78, 5) is 2.57. The first-order chi connectivity index (χ1) is 6.40. The molecular formula is C10H20N2O. The van der Waals surface area contributed by atoms with Crippen LogP contribution in [0.2, 0.25) is 0 Å². The first-order valence-corrected chi connectivity index (χ1v) is 5.35. The van der Waals surface area contributed by atoms with Gasteiger partial charge in [0.25, 0.3) is 0 Å². The molecule has 0 aromatic carbocycles. The van der Waals surface area contributed by atoms with Gasteiger partial charge in [-0.1, -0.05) is 0 Å². The van der Waals surface area contributed by atoms with Gasteiger partial charge < -0.3 is 15.0 Å². The average Bonchev–Trinajstić information content (AvgIpc) is 2.20. The van der Waals surface area contributed by atoms with E-state index in [0.29, 0.717) is 0 Å². The second-order valence-electron chi connectivity index (χ2n) is 4.19. The molecule has 0 radical (unpaired) electrons. The lowest BCUT2D eigenvalue weighted by molar-refractivity contribution is 0.0685. The van der Waals surface area contributed by atoms with Crippen LogP contribution in [-0.4, -0.2) is 50.8 Å². The molecule has 3 fully saturated rings. The smallest absolute Gasteiger partial charge is 0.0587 e. The molecule has 1 atom stereocenters. The number of methoxy groups -OCH3 is 1. The van der Waals surface area contributed by atoms with Crippen molar-refractivity contribution in [2.75, 3.05) is 39.9 Å². The van der Waals surface area contributed by atoms with Crippen molar-refractivity contribution < 1.29 is 4.74 Å². The number of hydrogen-bond acceptors (Lipinski definition) is 3. The van der Waals surface area contributed by atoms with Crippen molar-refractivity contribution in [1.82, 2.24) is 10.2 Å². The lowest BCUT2D eigenvalue weighted by Gasteiger charge is -2.45. The van der Waals surface area contributed by atoms with Gasteiger partial charge in [-0.2, -0.15) is 0 Å². The minimum Gasteiger partial charge on any atom is -0.383 e. The SMILES string of the molecule is COCCNC1CN2CCC1CC2. The van der Waals surface area contributed by atoms with Gasteiger partial charge in [0.2, 0.25) is 0 Å². The highest BCUT2D eigenvalue weighted by Crippen LogP contribution is 2.27. The molecule has 1 N–H and O–H groups in total. The van der Waals surface area contributed by atoms with E-state index >= 15 is 0 Å². The fourth-order valence-electron chi connectivity index (χ4n) is 2.54. The van der Waals surface area contributed by atoms with Gasteiger partial charge in [-0.3, -0.25) is 0 Å². The molecule has 3 aliphatic rings. The van der Waals surface area contributed by atoms with Crippen molar-refractivity contribution in [3.63, 3.8) is 0 Å². The fraction of sp³-hybridized carbons (Fsp3) is 1.00. The summed E-state index contributed by atoms with van der Waals surface area (Å²) in [7, 11) is 1.76. The average molecular weight is 184 g/mol. The van der Waals surface area contributed by atoms with E-state index in [1.54, 1.807) is 7.11 Å². The lowest BCUT2D eigenvalue weighted by atomic mass is 9.84. The van der Waals surface area contributed by atoms with Crippen LogP contribution in [0.25, 0.3) is 0 Å². The van der Waals surface area contributed by atoms with Gasteiger partial charge in [-0.25, -0.2) is 0 Å². The van der Waals surface area contributed by atoms with E-state index in [1.165, 1.54) is 32.5 Å². The van der Waals surface area contributed by atoms with Crippen molar-refractivity contribution in [2.45, 2.75) is 18.9 Å². The van der Waals surface area contributed by atoms with Gasteiger partial charge in [0.1, 0.15) is 0 Å². The van der Waals surface area contributed by atoms with Crippen molar-refractivity contribution in [3.8, 4) is 0 Å². The summed E-state index contributed by atoms with van der Waals surface area (Å²) in [6, 6.07) is 0.734. The van der Waals surface area contributed by atoms with Gasteiger partial charge in [-0.15, -0.1) is 0 Å². The van der Waals surface area contributed by atoms with E-state index in [1.807, 2.05) is 0 Å². The van der Waals surface area contributed by atoms with Crippen LogP contribution in [0.15, 0.2) is 0 Å². The standard InChI is InChI=1S/C10H20N2O/c1-13-7-4-11-10-8-12-5-2-9(10)3-6-12/h9-11H,2-8H2,1H3. The first kappa shape index (κ1) is 9.44. The van der Waals surface area contributed by atoms with Gasteiger partial charge in [0.05, 0.1) is 6.61 Å². The molecule has 0 spiro atoms. The second-order valence-corrected chi connectivity index (χ2v) is 4.19. The highest BCUT2D eigenvalue weighted by Gasteiger charge is 2.33. The second kappa shape index (κ2) is 4.40. The molecule has 0 amide bonds. The molecule has 13 heavy (non-hydrogen) atoms. The van der Waals surface area contributed by atoms with Crippen LogP contribution in [0.5, 0.6) is 0 Å². The summed E-state index contributed by atoms with van der Waals surface area (Å²) in [5.74, 6) is 0.932. The van der Waals surface area contributed by atoms with Crippen LogP contribution in [0.1, 0.15) is 12.8 Å². The van der Waals surface area contributed by atoms with Crippen molar-refractivity contribution >= 4 is 0 Å². The van der Waals surface area contributed by atoms with E-state index in [0.717, 1.165) is 25.1 Å². The Hall–Kier alpha value is -0.120. The molecule has 0 aliphatic carbocycles. The Kier molecular flexibility index (Phi) is 3.19. The fourth-order valence-corrected chi connectivity index (χ4v) is 2.54. The number of fused-ring (bicyclic) bond motifs is 3. The van der Waals surface area contributed by atoms with E-state index in [2.05, 4.69) is 10.2 Å². The molecule has 3 aliphatic heterocycles. The highest BCUT2D eigenvalue weighted by atomic mass is 16.5. The number of nitrogens with zero attached hydrogens (tertiary/aromatic N) is 1. The third-order valence-electron chi connectivity index (χ3n) is 3.37. The number of ether oxygens (including phenoxy) is 1. The summed E-state index contributed by atoms with van der Waals surface area (Å²) in [5.41, 5.74) is 0. The summed E-state index contributed by atoms with van der Waals surface area (Å²) in [5, 5.41) is 3.59. The Balaban J connectivity index is 1.74. The van der Waals surface area contributed by atoms with Crippen LogP contribution in [0.3, 0.4) is 0 Å². The Bertz CT molecular complexity index is 155. The molecule has 3 saturated heterocycles. The number of nitrogens with one attached hydrogen (secondary N) is 1. The van der Waals surface area contributed by atoms with Gasteiger partial charge >= 0.3 is 0 Å². The first-order valence-electron chi connectivity index (χ1n) is 5.35. The monoisotopic (exact) mass is 184 g/mol. The predicted molar refractivity (Wildman–Crippen MR) is 52.8 cm³/mol. The molecular weight excluding hydrogens is 164 g/mol. The predicted octanol–water partition coefficient (Wildman–Crippen LogP) is 0.317. The molecule has 0 aromatic heterocycles. The number of piperidine rings is 3. The molecule has 2 bridgehead atoms. The highest BCUT2D eigenvalue weighted by molar-refractivity contribution is 4.90. The maximum atomic E-state index is 5.04. The summed E-state index contributed by atoms with van der Waals surface area (Å²) >= 11 is 0. The lowest BCUT2D eigenvalue weighted by Crippen LogP contribution is -2.56. The van der Waals surface area contributed by atoms with Crippen LogP contribution in [0.4, 0.5) is 0 Å². The van der Waals surface area contributed by atoms with E-state index in [9.17, 15) is 0 Å². The third-order valence-corrected chi connectivity index (χ3v) is 3.37. The van der Waals surface area contributed by atoms with Crippen molar-refractivity contribution in [3.05, 3.63) is 0 Å². The molecule has 3 heterocycles. The van der Waals surface area contributed by atoms with Crippen LogP contribution in [0, 0.1) is 5.92 Å². The van der Waals surface area contributed by atoms with E-state index in [-0.39, 0.29) is 0 Å². The molecule has 1 unspecified atom stereocenters. The van der Waals surface area contributed by atoms with Crippen LogP contribution >= 0.6 is 0 Å². The third kappa shape index (κ3) is 2.22. The van der Waals surface area contributed by atoms with E-state index in [4.69, 9.17) is 4.74 Å². The van der Waals surface area contributed by atoms with Gasteiger partial charge in [0.15, 0.2) is 0 Å². The zero-order valence-electron chi connectivity index (χ0n) is 8.46. The van der Waals surface area contributed by atoms with Crippen LogP contribution in [-0.2, 0) is 4.74 Å². The zero-order valence-corrected chi connectivity index (χ0v) is 8.46.